The van der Waals surface area contributed by atoms with E-state index in [1.807, 2.05) is 0 Å². The molecular formula is C31H29N3S. The molecule has 0 amide bonds. The number of anilines is 1. The molecule has 4 heteroatoms. The highest BCUT2D eigenvalue weighted by molar-refractivity contribution is 7.81. The zero-order valence-corrected chi connectivity index (χ0v) is 21.0. The van der Waals surface area contributed by atoms with Crippen LogP contribution in [0.25, 0.3) is 28.0 Å². The fourth-order valence-corrected chi connectivity index (χ4v) is 5.62. The molecular weight excluding hydrogens is 446 g/mol. The van der Waals surface area contributed by atoms with E-state index >= 15 is 0 Å². The first-order valence-corrected chi connectivity index (χ1v) is 12.8. The van der Waals surface area contributed by atoms with Gasteiger partial charge in [-0.05, 0) is 56.4 Å². The molecule has 6 rings (SSSR count). The van der Waals surface area contributed by atoms with Gasteiger partial charge in [-0.3, -0.25) is 4.40 Å². The molecule has 3 nitrogen and oxygen atoms in total. The monoisotopic (exact) mass is 475 g/mol. The standard InChI is InChI=1S/C31H29N3S/c1-21-11-15-24(16-12-21)28-26-10-6-7-19-33-27(23-8-4-3-5-9-23)20-34(31(26)33)29(28)30(35)32-25-17-13-22(2)14-18-25/h3-5,8-9,11-18,20H,6-7,10,19H2,1-2H3,(H,32,35). The van der Waals surface area contributed by atoms with Crippen molar-refractivity contribution in [1.29, 1.82) is 0 Å². The minimum Gasteiger partial charge on any atom is -0.345 e. The first kappa shape index (κ1) is 21.9. The van der Waals surface area contributed by atoms with Gasteiger partial charge in [0.15, 0.2) is 0 Å². The van der Waals surface area contributed by atoms with Gasteiger partial charge in [0.2, 0.25) is 0 Å². The van der Waals surface area contributed by atoms with Crippen LogP contribution in [0.3, 0.4) is 0 Å². The van der Waals surface area contributed by atoms with Crippen molar-refractivity contribution < 1.29 is 0 Å². The van der Waals surface area contributed by atoms with Crippen molar-refractivity contribution in [2.45, 2.75) is 39.7 Å². The predicted octanol–water partition coefficient (Wildman–Crippen LogP) is 7.82. The van der Waals surface area contributed by atoms with Gasteiger partial charge in [0.25, 0.3) is 0 Å². The Kier molecular flexibility index (Phi) is 5.54. The van der Waals surface area contributed by atoms with Gasteiger partial charge in [-0.1, -0.05) is 90.1 Å². The van der Waals surface area contributed by atoms with Crippen LogP contribution in [0.1, 0.15) is 35.2 Å². The topological polar surface area (TPSA) is 21.4 Å². The van der Waals surface area contributed by atoms with E-state index in [-0.39, 0.29) is 0 Å². The second-order valence-corrected chi connectivity index (χ2v) is 9.98. The number of aromatic nitrogens is 2. The van der Waals surface area contributed by atoms with Gasteiger partial charge in [-0.2, -0.15) is 0 Å². The molecule has 0 radical (unpaired) electrons. The van der Waals surface area contributed by atoms with Crippen LogP contribution in [0.15, 0.2) is 85.1 Å². The summed E-state index contributed by atoms with van der Waals surface area (Å²) in [4.78, 5) is 0.753. The number of imidazole rings is 1. The summed E-state index contributed by atoms with van der Waals surface area (Å²) in [5.74, 6) is 0. The number of nitrogens with zero attached hydrogens (tertiary/aromatic N) is 2. The van der Waals surface area contributed by atoms with Gasteiger partial charge in [0, 0.05) is 29.6 Å². The second kappa shape index (κ2) is 8.86. The van der Waals surface area contributed by atoms with E-state index in [9.17, 15) is 0 Å². The molecule has 3 aromatic carbocycles. The van der Waals surface area contributed by atoms with E-state index in [2.05, 4.69) is 113 Å². The number of rotatable bonds is 4. The first-order chi connectivity index (χ1) is 17.1. The van der Waals surface area contributed by atoms with Crippen molar-refractivity contribution in [3.8, 4) is 22.4 Å². The first-order valence-electron chi connectivity index (χ1n) is 12.4. The van der Waals surface area contributed by atoms with E-state index < -0.39 is 0 Å². The maximum Gasteiger partial charge on any atom is 0.128 e. The van der Waals surface area contributed by atoms with Crippen molar-refractivity contribution in [2.24, 2.45) is 0 Å². The van der Waals surface area contributed by atoms with Gasteiger partial charge < -0.3 is 9.88 Å². The molecule has 0 bridgehead atoms. The number of nitrogens with one attached hydrogen (secondary N) is 1. The van der Waals surface area contributed by atoms with E-state index in [0.717, 1.165) is 29.3 Å². The molecule has 0 aliphatic carbocycles. The average molecular weight is 476 g/mol. The molecule has 174 valence electrons. The molecule has 0 atom stereocenters. The van der Waals surface area contributed by atoms with Crippen molar-refractivity contribution in [2.75, 3.05) is 5.32 Å². The number of hydrogen-bond donors (Lipinski definition) is 1. The Labute approximate surface area is 212 Å². The molecule has 1 N–H and O–H groups in total. The summed E-state index contributed by atoms with van der Waals surface area (Å²) in [6, 6.07) is 28.0. The summed E-state index contributed by atoms with van der Waals surface area (Å²) >= 11 is 6.12. The molecule has 1 aliphatic heterocycles. The molecule has 3 heterocycles. The van der Waals surface area contributed by atoms with Crippen LogP contribution in [0.2, 0.25) is 0 Å². The Morgan fingerprint density at radius 2 is 1.49 bits per heavy atom. The van der Waals surface area contributed by atoms with Crippen molar-refractivity contribution in [3.05, 3.63) is 107 Å². The van der Waals surface area contributed by atoms with Crippen LogP contribution >= 0.6 is 12.2 Å². The molecule has 0 unspecified atom stereocenters. The minimum atomic E-state index is 0.753. The van der Waals surface area contributed by atoms with Crippen molar-refractivity contribution >= 4 is 28.5 Å². The minimum absolute atomic E-state index is 0.753. The van der Waals surface area contributed by atoms with Gasteiger partial charge in [0.1, 0.15) is 10.6 Å². The predicted molar refractivity (Wildman–Crippen MR) is 150 cm³/mol. The highest BCUT2D eigenvalue weighted by Gasteiger charge is 2.28. The van der Waals surface area contributed by atoms with Crippen LogP contribution in [-0.4, -0.2) is 14.0 Å². The van der Waals surface area contributed by atoms with Crippen LogP contribution in [0, 0.1) is 13.8 Å². The molecule has 5 aromatic rings. The van der Waals surface area contributed by atoms with Gasteiger partial charge in [-0.25, -0.2) is 0 Å². The number of thiocarbonyl (C=S) groups is 1. The molecule has 0 saturated heterocycles. The summed E-state index contributed by atoms with van der Waals surface area (Å²) in [5, 5.41) is 3.54. The lowest BCUT2D eigenvalue weighted by atomic mass is 9.97. The van der Waals surface area contributed by atoms with Gasteiger partial charge in [-0.15, -0.1) is 0 Å². The molecule has 35 heavy (non-hydrogen) atoms. The Hall–Kier alpha value is -3.63. The second-order valence-electron chi connectivity index (χ2n) is 9.57. The Balaban J connectivity index is 1.60. The molecule has 0 spiro atoms. The number of benzene rings is 3. The zero-order chi connectivity index (χ0) is 23.9. The van der Waals surface area contributed by atoms with Gasteiger partial charge in [0.05, 0.1) is 11.4 Å². The Bertz CT molecular complexity index is 1520. The van der Waals surface area contributed by atoms with Crippen LogP contribution in [0.5, 0.6) is 0 Å². The summed E-state index contributed by atoms with van der Waals surface area (Å²) < 4.78 is 4.86. The van der Waals surface area contributed by atoms with E-state index in [1.54, 1.807) is 0 Å². The lowest BCUT2D eigenvalue weighted by molar-refractivity contribution is 0.647. The lowest BCUT2D eigenvalue weighted by Crippen LogP contribution is -2.14. The van der Waals surface area contributed by atoms with E-state index in [0.29, 0.717) is 0 Å². The molecule has 2 aromatic heterocycles. The van der Waals surface area contributed by atoms with Gasteiger partial charge >= 0.3 is 0 Å². The summed E-state index contributed by atoms with van der Waals surface area (Å²) in [5.41, 5.74) is 12.3. The van der Waals surface area contributed by atoms with E-state index in [1.165, 1.54) is 57.6 Å². The summed E-state index contributed by atoms with van der Waals surface area (Å²) in [7, 11) is 0. The number of hydrogen-bond acceptors (Lipinski definition) is 1. The fourth-order valence-electron chi connectivity index (χ4n) is 5.31. The Morgan fingerprint density at radius 3 is 2.20 bits per heavy atom. The van der Waals surface area contributed by atoms with E-state index in [4.69, 9.17) is 12.2 Å². The van der Waals surface area contributed by atoms with Crippen LogP contribution in [-0.2, 0) is 13.0 Å². The maximum atomic E-state index is 6.12. The highest BCUT2D eigenvalue weighted by Crippen LogP contribution is 2.40. The lowest BCUT2D eigenvalue weighted by Gasteiger charge is -2.13. The highest BCUT2D eigenvalue weighted by atomic mass is 32.1. The maximum absolute atomic E-state index is 6.12. The molecule has 1 aliphatic rings. The largest absolute Gasteiger partial charge is 0.345 e. The quantitative estimate of drug-likeness (QED) is 0.268. The van der Waals surface area contributed by atoms with Crippen LogP contribution < -0.4 is 5.32 Å². The zero-order valence-electron chi connectivity index (χ0n) is 20.2. The third-order valence-electron chi connectivity index (χ3n) is 7.07. The SMILES string of the molecule is Cc1ccc(NC(=S)c2c(-c3ccc(C)cc3)c3c4n(c(-c5ccccc5)cn24)CCCC3)cc1. The summed E-state index contributed by atoms with van der Waals surface area (Å²) in [6.45, 7) is 5.26. The third kappa shape index (κ3) is 3.88. The van der Waals surface area contributed by atoms with Crippen molar-refractivity contribution in [3.63, 3.8) is 0 Å². The Morgan fingerprint density at radius 1 is 0.800 bits per heavy atom. The fraction of sp³-hybridized carbons (Fsp3) is 0.194. The third-order valence-corrected chi connectivity index (χ3v) is 7.36. The van der Waals surface area contributed by atoms with Crippen molar-refractivity contribution in [1.82, 2.24) is 8.97 Å². The normalized spacial score (nSPS) is 13.1. The van der Waals surface area contributed by atoms with Crippen LogP contribution in [0.4, 0.5) is 5.69 Å². The summed E-state index contributed by atoms with van der Waals surface area (Å²) in [6.07, 6.45) is 5.69. The number of aryl methyl sites for hydroxylation is 4. The molecule has 0 fully saturated rings. The smallest absolute Gasteiger partial charge is 0.128 e. The average Bonchev–Trinajstić information content (AvgIpc) is 3.29. The molecule has 0 saturated carbocycles.